The quantitative estimate of drug-likeness (QED) is 0.0158. The summed E-state index contributed by atoms with van der Waals surface area (Å²) >= 11 is 0. The molecule has 0 fully saturated rings. The number of rotatable bonds is 29. The topological polar surface area (TPSA) is 351 Å². The Morgan fingerprint density at radius 1 is 0.727 bits per heavy atom. The average Bonchev–Trinajstić information content (AvgIpc) is 3.26. The Hall–Kier alpha value is -6.67. The summed E-state index contributed by atoms with van der Waals surface area (Å²) in [6.45, 7) is 8.05. The highest BCUT2D eigenvalue weighted by molar-refractivity contribution is 5.98. The van der Waals surface area contributed by atoms with Crippen LogP contribution in [-0.4, -0.2) is 100.0 Å². The van der Waals surface area contributed by atoms with Crippen LogP contribution in [0.1, 0.15) is 77.3 Å². The van der Waals surface area contributed by atoms with E-state index >= 15 is 0 Å². The molecule has 3 aromatic rings. The first-order valence-electron chi connectivity index (χ1n) is 21.9. The molecule has 0 aliphatic rings. The number of hydrogen-bond donors (Lipinski definition) is 9. The van der Waals surface area contributed by atoms with Gasteiger partial charge in [0.15, 0.2) is 35.0 Å². The molecule has 0 bridgehead atoms. The van der Waals surface area contributed by atoms with Crippen molar-refractivity contribution in [1.82, 2.24) is 10.6 Å². The van der Waals surface area contributed by atoms with E-state index in [-0.39, 0.29) is 133 Å². The van der Waals surface area contributed by atoms with Gasteiger partial charge in [0.1, 0.15) is 41.3 Å². The highest BCUT2D eigenvalue weighted by atomic mass is 16.5. The van der Waals surface area contributed by atoms with Gasteiger partial charge in [0, 0.05) is 87.2 Å². The summed E-state index contributed by atoms with van der Waals surface area (Å²) in [4.78, 5) is 75.4. The highest BCUT2D eigenvalue weighted by Gasteiger charge is 2.27. The number of guanidine groups is 2. The zero-order valence-corrected chi connectivity index (χ0v) is 38.8. The van der Waals surface area contributed by atoms with Crippen LogP contribution in [0, 0.1) is 11.8 Å². The van der Waals surface area contributed by atoms with E-state index in [4.69, 9.17) is 53.0 Å². The number of benzene rings is 2. The van der Waals surface area contributed by atoms with Gasteiger partial charge in [-0.15, -0.1) is 0 Å². The van der Waals surface area contributed by atoms with Crippen LogP contribution < -0.4 is 64.7 Å². The Bertz CT molecular complexity index is 2360. The fraction of sp³-hybridized carbons (Fsp3) is 0.500. The number of methoxy groups -OCH3 is 1. The van der Waals surface area contributed by atoms with Crippen LogP contribution in [0.25, 0.3) is 21.9 Å². The third-order valence-electron chi connectivity index (χ3n) is 10.3. The number of aromatic hydroxyl groups is 1. The number of carbonyl (C=O) groups is 4. The van der Waals surface area contributed by atoms with Gasteiger partial charge in [-0.05, 0) is 66.2 Å². The highest BCUT2D eigenvalue weighted by Crippen LogP contribution is 2.42. The van der Waals surface area contributed by atoms with Crippen molar-refractivity contribution in [2.75, 3.05) is 59.6 Å². The van der Waals surface area contributed by atoms with Crippen molar-refractivity contribution >= 4 is 57.2 Å². The minimum absolute atomic E-state index is 0.0530. The Morgan fingerprint density at radius 3 is 1.64 bits per heavy atom. The molecule has 15 N–H and O–H groups in total. The number of allylic oxidation sites excluding steroid dienone is 4. The number of aliphatic imine (C=N–C) groups is 2. The van der Waals surface area contributed by atoms with Crippen LogP contribution in [-0.2, 0) is 32.0 Å². The van der Waals surface area contributed by atoms with Crippen molar-refractivity contribution in [3.8, 4) is 23.0 Å². The van der Waals surface area contributed by atoms with Crippen LogP contribution in [0.5, 0.6) is 23.0 Å². The largest absolute Gasteiger partial charge is 0.507 e. The van der Waals surface area contributed by atoms with Gasteiger partial charge in [-0.1, -0.05) is 23.3 Å². The molecule has 0 spiro atoms. The fourth-order valence-electron chi connectivity index (χ4n) is 7.07. The van der Waals surface area contributed by atoms with Gasteiger partial charge in [-0.25, -0.2) is 0 Å². The number of phenolic OH excluding ortho intramolecular Hbond substituents is 1. The van der Waals surface area contributed by atoms with Gasteiger partial charge in [0.25, 0.3) is 0 Å². The van der Waals surface area contributed by atoms with E-state index in [1.807, 2.05) is 39.8 Å². The number of nitrogens with two attached hydrogens (primary N) is 6. The molecule has 2 amide bonds. The molecule has 0 saturated heterocycles. The fourth-order valence-corrected chi connectivity index (χ4v) is 7.07. The van der Waals surface area contributed by atoms with E-state index in [9.17, 15) is 29.1 Å². The lowest BCUT2D eigenvalue weighted by Gasteiger charge is -2.19. The summed E-state index contributed by atoms with van der Waals surface area (Å²) in [7, 11) is 1.40. The zero-order valence-electron chi connectivity index (χ0n) is 38.8. The molecule has 2 aromatic carbocycles. The summed E-state index contributed by atoms with van der Waals surface area (Å²) in [5.41, 5.74) is 34.8. The summed E-state index contributed by atoms with van der Waals surface area (Å²) in [6, 6.07) is 2.86. The summed E-state index contributed by atoms with van der Waals surface area (Å²) in [5, 5.41) is 17.3. The summed E-state index contributed by atoms with van der Waals surface area (Å²) in [6.07, 6.45) is 5.25. The van der Waals surface area contributed by atoms with E-state index in [0.717, 1.165) is 11.1 Å². The lowest BCUT2D eigenvalue weighted by atomic mass is 9.96. The molecule has 1 aromatic heterocycles. The molecular formula is C46H68N10O10. The predicted octanol–water partition coefficient (Wildman–Crippen LogP) is 1.84. The smallest absolute Gasteiger partial charge is 0.223 e. The van der Waals surface area contributed by atoms with Gasteiger partial charge in [0.05, 0.1) is 12.5 Å². The number of hydrogen-bond acceptors (Lipinski definition) is 14. The second-order valence-electron chi connectivity index (χ2n) is 16.3. The number of nitrogens with one attached hydrogen (secondary N) is 2. The van der Waals surface area contributed by atoms with Crippen molar-refractivity contribution in [1.29, 1.82) is 0 Å². The first-order valence-corrected chi connectivity index (χ1v) is 21.9. The lowest BCUT2D eigenvalue weighted by molar-refractivity contribution is -0.130. The number of ether oxygens (including phenoxy) is 3. The minimum atomic E-state index is -0.713. The number of fused-ring (bicyclic) bond motifs is 2. The molecule has 0 radical (unpaired) electrons. The van der Waals surface area contributed by atoms with Gasteiger partial charge < -0.3 is 68.8 Å². The molecule has 2 atom stereocenters. The van der Waals surface area contributed by atoms with Gasteiger partial charge >= 0.3 is 0 Å². The average molecular weight is 921 g/mol. The summed E-state index contributed by atoms with van der Waals surface area (Å²) < 4.78 is 24.4. The molecule has 20 heteroatoms. The van der Waals surface area contributed by atoms with Crippen molar-refractivity contribution in [3.63, 3.8) is 0 Å². The maximum absolute atomic E-state index is 14.7. The van der Waals surface area contributed by atoms with Crippen LogP contribution >= 0.6 is 0 Å². The first-order chi connectivity index (χ1) is 31.4. The third kappa shape index (κ3) is 16.4. The second-order valence-corrected chi connectivity index (χ2v) is 16.3. The molecule has 0 aliphatic heterocycles. The second kappa shape index (κ2) is 27.0. The van der Waals surface area contributed by atoms with E-state index < -0.39 is 47.8 Å². The van der Waals surface area contributed by atoms with E-state index in [1.165, 1.54) is 19.2 Å². The normalized spacial score (nSPS) is 11.8. The molecular weight excluding hydrogens is 853 g/mol. The number of phenols is 1. The molecule has 20 nitrogen and oxygen atoms in total. The Kier molecular flexibility index (Phi) is 21.9. The molecule has 2 unspecified atom stereocenters. The zero-order chi connectivity index (χ0) is 48.9. The molecule has 66 heavy (non-hydrogen) atoms. The molecule has 0 aliphatic carbocycles. The number of amides is 2. The van der Waals surface area contributed by atoms with Crippen LogP contribution in [0.15, 0.2) is 54.6 Å². The van der Waals surface area contributed by atoms with E-state index in [1.54, 1.807) is 0 Å². The Morgan fingerprint density at radius 2 is 1.18 bits per heavy atom. The molecule has 1 heterocycles. The Labute approximate surface area is 384 Å². The molecule has 362 valence electrons. The monoisotopic (exact) mass is 921 g/mol. The predicted molar refractivity (Wildman–Crippen MR) is 256 cm³/mol. The molecule has 3 rings (SSSR count). The van der Waals surface area contributed by atoms with Gasteiger partial charge in [0.2, 0.25) is 17.2 Å². The maximum Gasteiger partial charge on any atom is 0.223 e. The minimum Gasteiger partial charge on any atom is -0.507 e. The Balaban J connectivity index is 2.10. The van der Waals surface area contributed by atoms with Crippen molar-refractivity contribution in [3.05, 3.63) is 56.8 Å². The van der Waals surface area contributed by atoms with Crippen molar-refractivity contribution < 1.29 is 42.9 Å². The number of ketones is 2. The number of nitrogens with zero attached hydrogens (tertiary/aromatic N) is 2. The van der Waals surface area contributed by atoms with E-state index in [0.29, 0.717) is 31.2 Å². The van der Waals surface area contributed by atoms with E-state index in [2.05, 4.69) is 20.6 Å². The lowest BCUT2D eigenvalue weighted by Crippen LogP contribution is -2.36. The standard InChI is InChI=1S/C46H68N10O10/c1-26(2)10-12-32-34(64-24-30(57)20-28(43(61)53-18-14-47)8-6-16-55-45(49)50)22-36-39(40(32)59)41(60)38-33(13-11-27(3)4)42(63-5)37(23-35(38)66-36)65-25-31(58)21-29(44(62)54-19-15-48)9-7-17-56-46(51)52/h10-11,22-23,28-29,59H,6-9,12-21,24-25,47-48H2,1-5H3,(H,53,61)(H,54,62)(H4,49,50,55)(H4,51,52,56). The third-order valence-corrected chi connectivity index (χ3v) is 10.3. The number of carbonyl (C=O) groups excluding carboxylic acids is 4. The van der Waals surface area contributed by atoms with Crippen molar-refractivity contribution in [2.24, 2.45) is 56.2 Å². The van der Waals surface area contributed by atoms with Gasteiger partial charge in [-0.2, -0.15) is 0 Å². The van der Waals surface area contributed by atoms with Gasteiger partial charge in [-0.3, -0.25) is 34.0 Å². The SMILES string of the molecule is COc1c(OCC(=O)CC(CCCN=C(N)N)C(=O)NCCN)cc2oc3cc(OCC(=O)CC(CCCN=C(N)N)C(=O)NCCN)c(CC=C(C)C)c(O)c3c(=O)c2c1CC=C(C)C. The van der Waals surface area contributed by atoms with Crippen molar-refractivity contribution in [2.45, 2.75) is 79.1 Å². The maximum atomic E-state index is 14.7. The number of Topliss-reactive ketones (excluding diaryl/α,β-unsaturated/α-hetero) is 2. The molecule has 0 saturated carbocycles. The first kappa shape index (κ1) is 53.7. The van der Waals surface area contributed by atoms with Crippen LogP contribution in [0.3, 0.4) is 0 Å². The summed E-state index contributed by atoms with van der Waals surface area (Å²) in [5.74, 6) is -3.13. The van der Waals surface area contributed by atoms with Crippen LogP contribution in [0.4, 0.5) is 0 Å². The van der Waals surface area contributed by atoms with Crippen LogP contribution in [0.2, 0.25) is 0 Å².